The largest absolute Gasteiger partial charge is 0.360 e. The summed E-state index contributed by atoms with van der Waals surface area (Å²) < 4.78 is 28.9. The molecule has 0 unspecified atom stereocenters. The number of aromatic nitrogens is 1. The highest BCUT2D eigenvalue weighted by Crippen LogP contribution is 2.28. The second-order valence-corrected chi connectivity index (χ2v) is 7.22. The maximum atomic E-state index is 12.0. The van der Waals surface area contributed by atoms with Crippen LogP contribution >= 0.6 is 46.4 Å². The van der Waals surface area contributed by atoms with Gasteiger partial charge in [0, 0.05) is 16.2 Å². The van der Waals surface area contributed by atoms with Crippen molar-refractivity contribution in [1.82, 2.24) is 4.98 Å². The van der Waals surface area contributed by atoms with Crippen LogP contribution in [0.5, 0.6) is 5.88 Å². The predicted molar refractivity (Wildman–Crippen MR) is 84.0 cm³/mol. The first-order valence-electron chi connectivity index (χ1n) is 5.44. The summed E-state index contributed by atoms with van der Waals surface area (Å²) >= 11 is 23.2. The van der Waals surface area contributed by atoms with E-state index in [1.807, 2.05) is 0 Å². The van der Waals surface area contributed by atoms with E-state index in [0.717, 1.165) is 0 Å². The molecule has 21 heavy (non-hydrogen) atoms. The molecular weight excluding hydrogens is 380 g/mol. The van der Waals surface area contributed by atoms with Crippen LogP contribution in [0, 0.1) is 0 Å². The summed E-state index contributed by atoms with van der Waals surface area (Å²) in [5.41, 5.74) is 0.353. The van der Waals surface area contributed by atoms with Crippen molar-refractivity contribution in [2.75, 3.05) is 0 Å². The van der Waals surface area contributed by atoms with Gasteiger partial charge in [0.1, 0.15) is 10.8 Å². The van der Waals surface area contributed by atoms with Crippen molar-refractivity contribution in [1.29, 1.82) is 0 Å². The van der Waals surface area contributed by atoms with Crippen LogP contribution in [0.15, 0.2) is 30.5 Å². The fourth-order valence-electron chi connectivity index (χ4n) is 1.44. The Labute approximate surface area is 141 Å². The molecule has 0 N–H and O–H groups in total. The van der Waals surface area contributed by atoms with Crippen LogP contribution in [0.2, 0.25) is 20.1 Å². The number of nitrogens with zero attached hydrogens (tertiary/aromatic N) is 1. The van der Waals surface area contributed by atoms with Crippen LogP contribution in [0.4, 0.5) is 0 Å². The van der Waals surface area contributed by atoms with Crippen molar-refractivity contribution in [3.05, 3.63) is 56.1 Å². The van der Waals surface area contributed by atoms with Crippen molar-refractivity contribution in [2.45, 2.75) is 5.75 Å². The van der Waals surface area contributed by atoms with Crippen molar-refractivity contribution in [2.24, 2.45) is 0 Å². The van der Waals surface area contributed by atoms with Gasteiger partial charge in [-0.05, 0) is 23.8 Å². The minimum atomic E-state index is -3.98. The zero-order chi connectivity index (χ0) is 15.6. The quantitative estimate of drug-likeness (QED) is 0.720. The molecule has 0 atom stereocenters. The van der Waals surface area contributed by atoms with Crippen LogP contribution < -0.4 is 4.18 Å². The van der Waals surface area contributed by atoms with Gasteiger partial charge in [-0.1, -0.05) is 52.5 Å². The Morgan fingerprint density at radius 2 is 1.67 bits per heavy atom. The first-order chi connectivity index (χ1) is 9.77. The molecule has 0 radical (unpaired) electrons. The highest BCUT2D eigenvalue weighted by molar-refractivity contribution is 7.86. The fourth-order valence-corrected chi connectivity index (χ4v) is 3.53. The Balaban J connectivity index is 2.22. The molecule has 2 aromatic rings. The molecular formula is C12H7Cl4NO3S. The Bertz CT molecular complexity index is 721. The molecule has 1 aromatic heterocycles. The molecule has 1 heterocycles. The number of pyridine rings is 1. The van der Waals surface area contributed by atoms with Gasteiger partial charge in [-0.3, -0.25) is 0 Å². The third-order valence-corrected chi connectivity index (χ3v) is 4.47. The third-order valence-electron chi connectivity index (χ3n) is 2.33. The highest BCUT2D eigenvalue weighted by atomic mass is 35.5. The van der Waals surface area contributed by atoms with Gasteiger partial charge in [0.05, 0.1) is 5.02 Å². The van der Waals surface area contributed by atoms with Gasteiger partial charge in [-0.2, -0.15) is 8.42 Å². The van der Waals surface area contributed by atoms with Crippen molar-refractivity contribution in [3.63, 3.8) is 0 Å². The summed E-state index contributed by atoms with van der Waals surface area (Å²) in [4.78, 5) is 3.72. The van der Waals surface area contributed by atoms with E-state index in [4.69, 9.17) is 50.6 Å². The summed E-state index contributed by atoms with van der Waals surface area (Å²) in [5.74, 6) is -0.685. The lowest BCUT2D eigenvalue weighted by Gasteiger charge is -2.09. The van der Waals surface area contributed by atoms with E-state index in [0.29, 0.717) is 10.6 Å². The minimum absolute atomic E-state index is 0.00622. The van der Waals surface area contributed by atoms with Gasteiger partial charge in [-0.25, -0.2) is 4.98 Å². The van der Waals surface area contributed by atoms with E-state index >= 15 is 0 Å². The Kier molecular flexibility index (Phi) is 5.22. The van der Waals surface area contributed by atoms with Gasteiger partial charge in [0.25, 0.3) is 5.88 Å². The number of hydrogen-bond donors (Lipinski definition) is 0. The number of hydrogen-bond acceptors (Lipinski definition) is 4. The monoisotopic (exact) mass is 385 g/mol. The fraction of sp³-hybridized carbons (Fsp3) is 0.0833. The smallest absolute Gasteiger partial charge is 0.315 e. The van der Waals surface area contributed by atoms with E-state index in [2.05, 4.69) is 4.98 Å². The SMILES string of the molecule is O=S(=O)(Cc1ccc(Cl)cc1Cl)Oc1ncc(Cl)cc1Cl. The van der Waals surface area contributed by atoms with Gasteiger partial charge in [0.15, 0.2) is 0 Å². The van der Waals surface area contributed by atoms with Gasteiger partial charge in [0.2, 0.25) is 0 Å². The highest BCUT2D eigenvalue weighted by Gasteiger charge is 2.19. The predicted octanol–water partition coefficient (Wildman–Crippen LogP) is 4.60. The van der Waals surface area contributed by atoms with E-state index in [-0.39, 0.29) is 20.9 Å². The molecule has 0 aliphatic carbocycles. The number of rotatable bonds is 4. The standard InChI is InChI=1S/C12H7Cl4NO3S/c13-8-2-1-7(10(15)3-8)6-21(18,19)20-12-11(16)4-9(14)5-17-12/h1-5H,6H2. The lowest BCUT2D eigenvalue weighted by atomic mass is 10.2. The third kappa shape index (κ3) is 4.63. The van der Waals surface area contributed by atoms with Crippen LogP contribution in [0.1, 0.15) is 5.56 Å². The maximum Gasteiger partial charge on any atom is 0.315 e. The lowest BCUT2D eigenvalue weighted by molar-refractivity contribution is 0.475. The summed E-state index contributed by atoms with van der Waals surface area (Å²) in [7, 11) is -3.98. The van der Waals surface area contributed by atoms with Crippen molar-refractivity contribution >= 4 is 56.5 Å². The summed E-state index contributed by atoms with van der Waals surface area (Å²) in [6.45, 7) is 0. The Morgan fingerprint density at radius 3 is 2.29 bits per heavy atom. The molecule has 112 valence electrons. The Hall–Kier alpha value is -0.720. The van der Waals surface area contributed by atoms with Crippen molar-refractivity contribution in [3.8, 4) is 5.88 Å². The first kappa shape index (κ1) is 16.6. The van der Waals surface area contributed by atoms with E-state index < -0.39 is 15.9 Å². The van der Waals surface area contributed by atoms with Crippen LogP contribution in [-0.4, -0.2) is 13.4 Å². The zero-order valence-electron chi connectivity index (χ0n) is 10.2. The summed E-state index contributed by atoms with van der Waals surface area (Å²) in [5, 5.41) is 0.896. The van der Waals surface area contributed by atoms with Gasteiger partial charge in [-0.15, -0.1) is 0 Å². The molecule has 0 amide bonds. The number of halogens is 4. The van der Waals surface area contributed by atoms with E-state index in [1.165, 1.54) is 30.5 Å². The Morgan fingerprint density at radius 1 is 1.00 bits per heavy atom. The maximum absolute atomic E-state index is 12.0. The van der Waals surface area contributed by atoms with Crippen LogP contribution in [0.3, 0.4) is 0 Å². The summed E-state index contributed by atoms with van der Waals surface area (Å²) in [6, 6.07) is 5.81. The average molecular weight is 387 g/mol. The minimum Gasteiger partial charge on any atom is -0.360 e. The molecule has 0 aliphatic rings. The van der Waals surface area contributed by atoms with Crippen molar-refractivity contribution < 1.29 is 12.6 Å². The molecule has 0 saturated heterocycles. The summed E-state index contributed by atoms with van der Waals surface area (Å²) in [6.07, 6.45) is 1.23. The normalized spacial score (nSPS) is 11.4. The van der Waals surface area contributed by atoms with E-state index in [9.17, 15) is 8.42 Å². The molecule has 2 rings (SSSR count). The molecule has 0 aliphatic heterocycles. The topological polar surface area (TPSA) is 56.3 Å². The number of benzene rings is 1. The molecule has 0 bridgehead atoms. The first-order valence-corrected chi connectivity index (χ1v) is 8.53. The molecule has 4 nitrogen and oxygen atoms in total. The molecule has 1 aromatic carbocycles. The van der Waals surface area contributed by atoms with Crippen LogP contribution in [-0.2, 0) is 15.9 Å². The average Bonchev–Trinajstić information content (AvgIpc) is 2.36. The van der Waals surface area contributed by atoms with E-state index in [1.54, 1.807) is 0 Å². The van der Waals surface area contributed by atoms with Gasteiger partial charge < -0.3 is 4.18 Å². The zero-order valence-corrected chi connectivity index (χ0v) is 14.0. The second-order valence-electron chi connectivity index (χ2n) is 3.96. The molecule has 0 saturated carbocycles. The lowest BCUT2D eigenvalue weighted by Crippen LogP contribution is -2.13. The molecule has 0 fully saturated rings. The second kappa shape index (κ2) is 6.58. The van der Waals surface area contributed by atoms with Crippen LogP contribution in [0.25, 0.3) is 0 Å². The molecule has 9 heteroatoms. The van der Waals surface area contributed by atoms with Gasteiger partial charge >= 0.3 is 10.1 Å². The molecule has 0 spiro atoms.